The number of hydrogen-bond acceptors (Lipinski definition) is 4. The van der Waals surface area contributed by atoms with Crippen molar-refractivity contribution < 1.29 is 14.3 Å². The maximum Gasteiger partial charge on any atom is 0.341 e. The van der Waals surface area contributed by atoms with Crippen molar-refractivity contribution >= 4 is 51.8 Å². The maximum absolute atomic E-state index is 12.3. The summed E-state index contributed by atoms with van der Waals surface area (Å²) in [4.78, 5) is 40.9. The standard InChI is InChI=1S/C17H13Cl2N3O4/c1-8(26-16(24)14-10(18)3-2-4-11(14)19)15(23)20-9-5-6-12-13(7-9)22-17(25)21-12/h2-8H,1H3,(H,20,23)(H2,21,22,25). The quantitative estimate of drug-likeness (QED) is 0.591. The van der Waals surface area contributed by atoms with E-state index in [1.54, 1.807) is 24.3 Å². The third kappa shape index (κ3) is 3.74. The molecule has 1 atom stereocenters. The van der Waals surface area contributed by atoms with Crippen LogP contribution in [0.4, 0.5) is 5.69 Å². The highest BCUT2D eigenvalue weighted by Crippen LogP contribution is 2.25. The molecule has 0 saturated carbocycles. The van der Waals surface area contributed by atoms with Crippen LogP contribution in [-0.2, 0) is 9.53 Å². The van der Waals surface area contributed by atoms with Crippen LogP contribution in [0.15, 0.2) is 41.2 Å². The Bertz CT molecular complexity index is 1040. The molecule has 0 aliphatic heterocycles. The minimum Gasteiger partial charge on any atom is -0.449 e. The van der Waals surface area contributed by atoms with Gasteiger partial charge in [0.1, 0.15) is 0 Å². The molecule has 0 spiro atoms. The van der Waals surface area contributed by atoms with Crippen LogP contribution < -0.4 is 11.0 Å². The van der Waals surface area contributed by atoms with E-state index in [0.717, 1.165) is 0 Å². The molecular formula is C17H13Cl2N3O4. The average Bonchev–Trinajstić information content (AvgIpc) is 2.93. The van der Waals surface area contributed by atoms with Crippen LogP contribution in [0, 0.1) is 0 Å². The van der Waals surface area contributed by atoms with Gasteiger partial charge in [-0.15, -0.1) is 0 Å². The van der Waals surface area contributed by atoms with Gasteiger partial charge in [0.25, 0.3) is 5.91 Å². The van der Waals surface area contributed by atoms with E-state index in [2.05, 4.69) is 15.3 Å². The smallest absolute Gasteiger partial charge is 0.341 e. The molecule has 2 aromatic carbocycles. The van der Waals surface area contributed by atoms with Gasteiger partial charge in [-0.2, -0.15) is 0 Å². The van der Waals surface area contributed by atoms with Crippen molar-refractivity contribution in [2.24, 2.45) is 0 Å². The van der Waals surface area contributed by atoms with E-state index in [1.165, 1.54) is 19.1 Å². The maximum atomic E-state index is 12.3. The Morgan fingerprint density at radius 1 is 1.08 bits per heavy atom. The Hall–Kier alpha value is -2.77. The second-order valence-corrected chi connectivity index (χ2v) is 6.29. The van der Waals surface area contributed by atoms with Crippen LogP contribution in [0.5, 0.6) is 0 Å². The van der Waals surface area contributed by atoms with E-state index in [4.69, 9.17) is 27.9 Å². The molecule has 0 bridgehead atoms. The minimum absolute atomic E-state index is 0.00167. The fourth-order valence-corrected chi connectivity index (χ4v) is 2.87. The third-order valence-corrected chi connectivity index (χ3v) is 4.23. The highest BCUT2D eigenvalue weighted by Gasteiger charge is 2.22. The zero-order valence-electron chi connectivity index (χ0n) is 13.4. The van der Waals surface area contributed by atoms with Crippen molar-refractivity contribution in [3.8, 4) is 0 Å². The van der Waals surface area contributed by atoms with Gasteiger partial charge in [0.2, 0.25) is 0 Å². The van der Waals surface area contributed by atoms with E-state index in [1.807, 2.05) is 0 Å². The van der Waals surface area contributed by atoms with Crippen molar-refractivity contribution in [2.75, 3.05) is 5.32 Å². The van der Waals surface area contributed by atoms with Crippen LogP contribution in [0.25, 0.3) is 11.0 Å². The molecular weight excluding hydrogens is 381 g/mol. The first kappa shape index (κ1) is 18.0. The van der Waals surface area contributed by atoms with E-state index < -0.39 is 18.0 Å². The predicted molar refractivity (Wildman–Crippen MR) is 98.9 cm³/mol. The molecule has 134 valence electrons. The van der Waals surface area contributed by atoms with Crippen molar-refractivity contribution in [1.82, 2.24) is 9.97 Å². The number of aromatic amines is 2. The molecule has 0 saturated heterocycles. The molecule has 1 aromatic heterocycles. The molecule has 0 aliphatic rings. The number of amides is 1. The van der Waals surface area contributed by atoms with Gasteiger partial charge in [-0.25, -0.2) is 9.59 Å². The summed E-state index contributed by atoms with van der Waals surface area (Å²) in [5.41, 5.74) is 1.25. The number of H-pyrrole nitrogens is 2. The van der Waals surface area contributed by atoms with Gasteiger partial charge in [0, 0.05) is 5.69 Å². The zero-order chi connectivity index (χ0) is 18.8. The van der Waals surface area contributed by atoms with Gasteiger partial charge in [-0.1, -0.05) is 29.3 Å². The molecule has 0 fully saturated rings. The van der Waals surface area contributed by atoms with Crippen molar-refractivity contribution in [3.63, 3.8) is 0 Å². The first-order valence-corrected chi connectivity index (χ1v) is 8.28. The number of nitrogens with one attached hydrogen (secondary N) is 3. The normalized spacial score (nSPS) is 12.0. The number of aromatic nitrogens is 2. The van der Waals surface area contributed by atoms with Crippen LogP contribution in [0.1, 0.15) is 17.3 Å². The molecule has 26 heavy (non-hydrogen) atoms. The predicted octanol–water partition coefficient (Wildman–Crippen LogP) is 3.35. The number of carbonyl (C=O) groups is 2. The van der Waals surface area contributed by atoms with Gasteiger partial charge in [-0.3, -0.25) is 4.79 Å². The lowest BCUT2D eigenvalue weighted by atomic mass is 10.2. The number of esters is 1. The van der Waals surface area contributed by atoms with Crippen LogP contribution >= 0.6 is 23.2 Å². The highest BCUT2D eigenvalue weighted by atomic mass is 35.5. The Balaban J connectivity index is 1.70. The molecule has 1 amide bonds. The Kier molecular flexibility index (Phi) is 5.01. The summed E-state index contributed by atoms with van der Waals surface area (Å²) < 4.78 is 5.14. The number of ether oxygens (including phenoxy) is 1. The zero-order valence-corrected chi connectivity index (χ0v) is 14.9. The lowest BCUT2D eigenvalue weighted by Crippen LogP contribution is -2.30. The molecule has 0 radical (unpaired) electrons. The minimum atomic E-state index is -1.09. The molecule has 3 rings (SSSR count). The Morgan fingerprint density at radius 2 is 1.73 bits per heavy atom. The SMILES string of the molecule is CC(OC(=O)c1c(Cl)cccc1Cl)C(=O)Nc1ccc2[nH]c(=O)[nH]c2c1. The van der Waals surface area contributed by atoms with Crippen LogP contribution in [-0.4, -0.2) is 27.9 Å². The molecule has 3 N–H and O–H groups in total. The number of imidazole rings is 1. The summed E-state index contributed by atoms with van der Waals surface area (Å²) >= 11 is 11.9. The number of fused-ring (bicyclic) bond motifs is 1. The summed E-state index contributed by atoms with van der Waals surface area (Å²) in [6.45, 7) is 1.43. The van der Waals surface area contributed by atoms with E-state index in [-0.39, 0.29) is 21.3 Å². The summed E-state index contributed by atoms with van der Waals surface area (Å²) in [5.74, 6) is -1.34. The summed E-state index contributed by atoms with van der Waals surface area (Å²) in [7, 11) is 0. The van der Waals surface area contributed by atoms with Gasteiger partial charge in [0.15, 0.2) is 6.10 Å². The molecule has 3 aromatic rings. The lowest BCUT2D eigenvalue weighted by Gasteiger charge is -2.14. The number of anilines is 1. The largest absolute Gasteiger partial charge is 0.449 e. The fourth-order valence-electron chi connectivity index (χ4n) is 2.32. The molecule has 9 heteroatoms. The molecule has 1 heterocycles. The van der Waals surface area contributed by atoms with E-state index in [9.17, 15) is 14.4 Å². The van der Waals surface area contributed by atoms with Crippen LogP contribution in [0.2, 0.25) is 10.0 Å². The second-order valence-electron chi connectivity index (χ2n) is 5.47. The Labute approximate surface area is 157 Å². The van der Waals surface area contributed by atoms with Crippen molar-refractivity contribution in [1.29, 1.82) is 0 Å². The topological polar surface area (TPSA) is 104 Å². The number of hydrogen-bond donors (Lipinski definition) is 3. The molecule has 7 nitrogen and oxygen atoms in total. The van der Waals surface area contributed by atoms with Gasteiger partial charge in [0.05, 0.1) is 26.6 Å². The monoisotopic (exact) mass is 393 g/mol. The summed E-state index contributed by atoms with van der Waals surface area (Å²) in [5, 5.41) is 2.88. The molecule has 1 unspecified atom stereocenters. The van der Waals surface area contributed by atoms with Gasteiger partial charge in [-0.05, 0) is 37.3 Å². The van der Waals surface area contributed by atoms with Crippen LogP contribution in [0.3, 0.4) is 0 Å². The van der Waals surface area contributed by atoms with Crippen molar-refractivity contribution in [2.45, 2.75) is 13.0 Å². The summed E-state index contributed by atoms with van der Waals surface area (Å²) in [6.07, 6.45) is -1.09. The van der Waals surface area contributed by atoms with Crippen molar-refractivity contribution in [3.05, 3.63) is 62.5 Å². The van der Waals surface area contributed by atoms with Gasteiger partial charge >= 0.3 is 11.7 Å². The molecule has 0 aliphatic carbocycles. The number of halogens is 2. The third-order valence-electron chi connectivity index (χ3n) is 3.60. The first-order chi connectivity index (χ1) is 12.3. The highest BCUT2D eigenvalue weighted by molar-refractivity contribution is 6.39. The number of carbonyl (C=O) groups excluding carboxylic acids is 2. The van der Waals surface area contributed by atoms with E-state index in [0.29, 0.717) is 16.7 Å². The lowest BCUT2D eigenvalue weighted by molar-refractivity contribution is -0.123. The number of benzene rings is 2. The first-order valence-electron chi connectivity index (χ1n) is 7.53. The second kappa shape index (κ2) is 7.23. The fraction of sp³-hybridized carbons (Fsp3) is 0.118. The average molecular weight is 394 g/mol. The summed E-state index contributed by atoms with van der Waals surface area (Å²) in [6, 6.07) is 9.44. The van der Waals surface area contributed by atoms with Gasteiger partial charge < -0.3 is 20.0 Å². The van der Waals surface area contributed by atoms with E-state index >= 15 is 0 Å². The number of rotatable bonds is 4. The Morgan fingerprint density at radius 3 is 2.42 bits per heavy atom.